The summed E-state index contributed by atoms with van der Waals surface area (Å²) in [5, 5.41) is 0. The van der Waals surface area contributed by atoms with E-state index in [1.165, 1.54) is 7.11 Å². The fourth-order valence-corrected chi connectivity index (χ4v) is 5.94. The maximum atomic E-state index is 10.1. The Kier molecular flexibility index (Phi) is 26.8. The van der Waals surface area contributed by atoms with E-state index in [-0.39, 0.29) is 5.97 Å². The van der Waals surface area contributed by atoms with Crippen molar-refractivity contribution in [2.45, 2.75) is 37.9 Å². The Morgan fingerprint density at radius 3 is 1.39 bits per heavy atom. The normalized spacial score (nSPS) is 11.1. The van der Waals surface area contributed by atoms with E-state index in [0.29, 0.717) is 12.2 Å². The molecule has 0 amide bonds. The first-order valence-electron chi connectivity index (χ1n) is 8.89. The second-order valence-corrected chi connectivity index (χ2v) is 13.6. The zero-order chi connectivity index (χ0) is 22.5. The lowest BCUT2D eigenvalue weighted by Crippen LogP contribution is -2.42. The summed E-state index contributed by atoms with van der Waals surface area (Å²) in [6.45, 7) is 2.07. The van der Waals surface area contributed by atoms with Gasteiger partial charge in [0.2, 0.25) is 0 Å². The van der Waals surface area contributed by atoms with Crippen molar-refractivity contribution in [2.75, 3.05) is 59.9 Å². The molecule has 0 radical (unpaired) electrons. The Morgan fingerprint density at radius 2 is 1.14 bits per heavy atom. The molecular weight excluding hydrogens is 457 g/mol. The summed E-state index contributed by atoms with van der Waals surface area (Å²) in [7, 11) is 5.61. The van der Waals surface area contributed by atoms with E-state index in [2.05, 4.69) is 49.2 Å². The van der Waals surface area contributed by atoms with Gasteiger partial charge in [0, 0.05) is 47.3 Å². The van der Waals surface area contributed by atoms with Gasteiger partial charge < -0.3 is 26.9 Å². The molecular formula is C16H40O7S3Si2. The first kappa shape index (κ1) is 33.4. The second-order valence-electron chi connectivity index (χ2n) is 5.54. The van der Waals surface area contributed by atoms with Gasteiger partial charge in [0.15, 0.2) is 0 Å². The van der Waals surface area contributed by atoms with Crippen molar-refractivity contribution in [1.82, 2.24) is 0 Å². The summed E-state index contributed by atoms with van der Waals surface area (Å²) in [6, 6.07) is 1.86. The second kappa shape index (κ2) is 22.4. The van der Waals surface area contributed by atoms with Gasteiger partial charge in [0.1, 0.15) is 0 Å². The third kappa shape index (κ3) is 18.8. The number of hydrogen-bond donors (Lipinski definition) is 3. The summed E-state index contributed by atoms with van der Waals surface area (Å²) in [5.41, 5.74) is 0. The van der Waals surface area contributed by atoms with Gasteiger partial charge >= 0.3 is 23.3 Å². The number of carbonyl (C=O) groups excluding carboxylic acids is 1. The minimum atomic E-state index is -2.29. The van der Waals surface area contributed by atoms with Crippen molar-refractivity contribution in [3.05, 3.63) is 0 Å². The van der Waals surface area contributed by atoms with Crippen LogP contribution in [0.4, 0.5) is 0 Å². The molecule has 172 valence electrons. The molecule has 0 saturated carbocycles. The molecule has 0 aliphatic rings. The van der Waals surface area contributed by atoms with Crippen LogP contribution in [-0.2, 0) is 31.7 Å². The summed E-state index contributed by atoms with van der Waals surface area (Å²) >= 11 is 12.0. The molecule has 0 fully saturated rings. The van der Waals surface area contributed by atoms with E-state index in [4.69, 9.17) is 22.1 Å². The number of thiol groups is 3. The molecule has 0 saturated heterocycles. The molecule has 0 aromatic rings. The molecule has 0 heterocycles. The number of methoxy groups -OCH3 is 1. The maximum Gasteiger partial charge on any atom is 0.500 e. The lowest BCUT2D eigenvalue weighted by atomic mass is 10.5. The Hall–Kier alpha value is 0.754. The smallest absolute Gasteiger partial charge is 0.469 e. The highest BCUT2D eigenvalue weighted by Gasteiger charge is 2.36. The highest BCUT2D eigenvalue weighted by Crippen LogP contribution is 2.15. The first-order valence-corrected chi connectivity index (χ1v) is 15.2. The van der Waals surface area contributed by atoms with E-state index in [9.17, 15) is 4.79 Å². The molecule has 0 aliphatic heterocycles. The topological polar surface area (TPSA) is 72.5 Å². The van der Waals surface area contributed by atoms with Gasteiger partial charge in [-0.15, -0.1) is 0 Å². The lowest BCUT2D eigenvalue weighted by molar-refractivity contribution is -0.140. The van der Waals surface area contributed by atoms with Gasteiger partial charge in [0.05, 0.1) is 13.5 Å². The minimum Gasteiger partial charge on any atom is -0.469 e. The number of carbonyl (C=O) groups is 1. The van der Waals surface area contributed by atoms with Crippen LogP contribution < -0.4 is 0 Å². The van der Waals surface area contributed by atoms with Crippen molar-refractivity contribution in [3.63, 3.8) is 0 Å². The molecule has 0 aliphatic carbocycles. The Balaban J connectivity index is -0.000000343. The van der Waals surface area contributed by atoms with Crippen LogP contribution >= 0.6 is 37.9 Å². The van der Waals surface area contributed by atoms with Crippen molar-refractivity contribution in [3.8, 4) is 0 Å². The molecule has 0 aromatic carbocycles. The van der Waals surface area contributed by atoms with Crippen LogP contribution in [0.25, 0.3) is 0 Å². The summed E-state index contributed by atoms with van der Waals surface area (Å²) in [4.78, 5) is 10.1. The van der Waals surface area contributed by atoms with Crippen molar-refractivity contribution in [1.29, 1.82) is 0 Å². The fourth-order valence-electron chi connectivity index (χ4n) is 1.73. The van der Waals surface area contributed by atoms with Crippen molar-refractivity contribution >= 4 is 61.2 Å². The highest BCUT2D eigenvalue weighted by molar-refractivity contribution is 7.80. The molecule has 0 atom stereocenters. The highest BCUT2D eigenvalue weighted by atomic mass is 32.1. The molecule has 0 unspecified atom stereocenters. The van der Waals surface area contributed by atoms with Gasteiger partial charge in [-0.3, -0.25) is 4.79 Å². The summed E-state index contributed by atoms with van der Waals surface area (Å²) < 4.78 is 30.4. The molecule has 0 rings (SSSR count). The Bertz CT molecular complexity index is 340. The lowest BCUT2D eigenvalue weighted by Gasteiger charge is -2.23. The molecule has 28 heavy (non-hydrogen) atoms. The molecule has 0 spiro atoms. The zero-order valence-corrected chi connectivity index (χ0v) is 23.0. The minimum absolute atomic E-state index is 0.199. The van der Waals surface area contributed by atoms with Crippen LogP contribution in [0.15, 0.2) is 0 Å². The van der Waals surface area contributed by atoms with E-state index < -0.39 is 17.4 Å². The van der Waals surface area contributed by atoms with Gasteiger partial charge in [-0.1, -0.05) is 0 Å². The van der Waals surface area contributed by atoms with Crippen LogP contribution in [0, 0.1) is 0 Å². The average molecular weight is 497 g/mol. The molecule has 0 aromatic heterocycles. The van der Waals surface area contributed by atoms with E-state index >= 15 is 0 Å². The van der Waals surface area contributed by atoms with Crippen LogP contribution in [0.1, 0.15) is 19.3 Å². The van der Waals surface area contributed by atoms with Gasteiger partial charge in [-0.05, 0) is 36.9 Å². The molecule has 12 heteroatoms. The van der Waals surface area contributed by atoms with Crippen molar-refractivity contribution in [2.24, 2.45) is 0 Å². The summed E-state index contributed by atoms with van der Waals surface area (Å²) in [6.07, 6.45) is 2.44. The van der Waals surface area contributed by atoms with Crippen LogP contribution in [0.5, 0.6) is 0 Å². The van der Waals surface area contributed by atoms with Crippen LogP contribution in [0.2, 0.25) is 18.6 Å². The first-order chi connectivity index (χ1) is 13.2. The SMILES string of the molecule is COC(=O)CCS.CO[Si](C)(CCCS)OC.CO[Si](CCCS)(OC)OC. The largest absolute Gasteiger partial charge is 0.500 e. The van der Waals surface area contributed by atoms with E-state index in [1.807, 2.05) is 0 Å². The Labute approximate surface area is 190 Å². The Morgan fingerprint density at radius 1 is 0.714 bits per heavy atom. The molecule has 7 nitrogen and oxygen atoms in total. The van der Waals surface area contributed by atoms with E-state index in [0.717, 1.165) is 36.4 Å². The maximum absolute atomic E-state index is 10.1. The van der Waals surface area contributed by atoms with Crippen LogP contribution in [-0.4, -0.2) is 83.3 Å². The standard InChI is InChI=1S/C6H16O3SSi.C6H16O2SSi.C4H8O2S/c1-7-11(8-2,9-3)6-4-5-10;1-7-10(3,8-2)6-4-5-9;1-6-4(5)2-3-7/h10H,4-6H2,1-3H3;9H,4-6H2,1-3H3;7H,2-3H2,1H3. The van der Waals surface area contributed by atoms with Gasteiger partial charge in [0.25, 0.3) is 0 Å². The summed E-state index contributed by atoms with van der Waals surface area (Å²) in [5.74, 6) is 2.11. The quantitative estimate of drug-likeness (QED) is 0.205. The predicted octanol–water partition coefficient (Wildman–Crippen LogP) is 3.33. The fraction of sp³-hybridized carbons (Fsp3) is 0.938. The number of rotatable bonds is 13. The van der Waals surface area contributed by atoms with E-state index in [1.54, 1.807) is 35.5 Å². The van der Waals surface area contributed by atoms with Gasteiger partial charge in [-0.25, -0.2) is 0 Å². The third-order valence-electron chi connectivity index (χ3n) is 3.77. The molecule has 0 N–H and O–H groups in total. The monoisotopic (exact) mass is 496 g/mol. The molecule has 0 bridgehead atoms. The van der Waals surface area contributed by atoms with Crippen molar-refractivity contribution < 1.29 is 31.7 Å². The predicted molar refractivity (Wildman–Crippen MR) is 129 cm³/mol. The third-order valence-corrected chi connectivity index (χ3v) is 10.4. The number of esters is 1. The number of hydrogen-bond acceptors (Lipinski definition) is 10. The zero-order valence-electron chi connectivity index (χ0n) is 18.4. The van der Waals surface area contributed by atoms with Crippen LogP contribution in [0.3, 0.4) is 0 Å². The van der Waals surface area contributed by atoms with Gasteiger partial charge in [-0.2, -0.15) is 37.9 Å². The average Bonchev–Trinajstić information content (AvgIpc) is 2.74. The number of ether oxygens (including phenoxy) is 1.